The van der Waals surface area contributed by atoms with Crippen LogP contribution in [0.5, 0.6) is 17.2 Å². The summed E-state index contributed by atoms with van der Waals surface area (Å²) in [5, 5.41) is 3.00. The smallest absolute Gasteiger partial charge is 0.241 e. The number of nitrogens with zero attached hydrogens (tertiary/aromatic N) is 1. The topological polar surface area (TPSA) is 94.2 Å². The lowest BCUT2D eigenvalue weighted by atomic mass is 9.89. The molecule has 2 aromatic rings. The second kappa shape index (κ2) is 7.64. The van der Waals surface area contributed by atoms with Crippen LogP contribution in [0.2, 0.25) is 0 Å². The molecule has 1 amide bonds. The summed E-state index contributed by atoms with van der Waals surface area (Å²) in [4.78, 5) is 13.0. The maximum Gasteiger partial charge on any atom is 0.241 e. The van der Waals surface area contributed by atoms with Gasteiger partial charge in [0.25, 0.3) is 0 Å². The fourth-order valence-electron chi connectivity index (χ4n) is 3.91. The highest BCUT2D eigenvalue weighted by atomic mass is 32.2. The van der Waals surface area contributed by atoms with Crippen molar-refractivity contribution in [3.63, 3.8) is 0 Å². The van der Waals surface area contributed by atoms with Gasteiger partial charge in [-0.3, -0.25) is 9.10 Å². The van der Waals surface area contributed by atoms with E-state index >= 15 is 0 Å². The van der Waals surface area contributed by atoms with E-state index < -0.39 is 21.5 Å². The number of sulfonamides is 1. The Morgan fingerprint density at radius 2 is 1.84 bits per heavy atom. The van der Waals surface area contributed by atoms with E-state index in [0.29, 0.717) is 23.6 Å². The molecule has 2 aromatic carbocycles. The number of nitrogens with one attached hydrogen (secondary N) is 1. The Morgan fingerprint density at radius 3 is 2.58 bits per heavy atom. The molecule has 1 unspecified atom stereocenters. The summed E-state index contributed by atoms with van der Waals surface area (Å²) in [5.74, 6) is 1.31. The molecule has 2 aliphatic rings. The van der Waals surface area contributed by atoms with Crippen molar-refractivity contribution in [1.82, 2.24) is 5.32 Å². The zero-order valence-corrected chi connectivity index (χ0v) is 18.8. The molecule has 0 bridgehead atoms. The largest absolute Gasteiger partial charge is 0.487 e. The van der Waals surface area contributed by atoms with Gasteiger partial charge in [0.15, 0.2) is 11.5 Å². The first-order chi connectivity index (χ1) is 14.5. The van der Waals surface area contributed by atoms with Crippen LogP contribution in [0.3, 0.4) is 0 Å². The third-order valence-electron chi connectivity index (χ3n) is 5.29. The molecule has 0 saturated heterocycles. The van der Waals surface area contributed by atoms with Gasteiger partial charge >= 0.3 is 0 Å². The lowest BCUT2D eigenvalue weighted by molar-refractivity contribution is -0.120. The van der Waals surface area contributed by atoms with Crippen LogP contribution in [0.15, 0.2) is 36.4 Å². The molecule has 1 atom stereocenters. The highest BCUT2D eigenvalue weighted by Gasteiger charge is 2.35. The van der Waals surface area contributed by atoms with Gasteiger partial charge in [-0.15, -0.1) is 0 Å². The van der Waals surface area contributed by atoms with Crippen LogP contribution in [-0.2, 0) is 14.8 Å². The van der Waals surface area contributed by atoms with Crippen LogP contribution in [0.25, 0.3) is 0 Å². The van der Waals surface area contributed by atoms with Gasteiger partial charge in [-0.05, 0) is 39.0 Å². The van der Waals surface area contributed by atoms with Crippen molar-refractivity contribution < 1.29 is 27.4 Å². The molecule has 0 saturated carbocycles. The van der Waals surface area contributed by atoms with Gasteiger partial charge in [-0.25, -0.2) is 8.42 Å². The summed E-state index contributed by atoms with van der Waals surface area (Å²) in [5.41, 5.74) is 1.82. The number of amides is 1. The van der Waals surface area contributed by atoms with Crippen molar-refractivity contribution in [2.75, 3.05) is 23.9 Å². The molecule has 8 nitrogen and oxygen atoms in total. The number of carbonyl (C=O) groups is 1. The van der Waals surface area contributed by atoms with E-state index in [2.05, 4.69) is 5.32 Å². The molecular formula is C22H26N2O6S. The Morgan fingerprint density at radius 1 is 1.13 bits per heavy atom. The third kappa shape index (κ3) is 4.56. The van der Waals surface area contributed by atoms with Crippen LogP contribution in [0.4, 0.5) is 5.69 Å². The molecule has 31 heavy (non-hydrogen) atoms. The van der Waals surface area contributed by atoms with Crippen molar-refractivity contribution in [2.45, 2.75) is 38.8 Å². The maximum absolute atomic E-state index is 13.0. The molecule has 2 aliphatic heterocycles. The second-order valence-electron chi connectivity index (χ2n) is 8.53. The highest BCUT2D eigenvalue weighted by Crippen LogP contribution is 2.40. The van der Waals surface area contributed by atoms with Crippen molar-refractivity contribution in [2.24, 2.45) is 0 Å². The van der Waals surface area contributed by atoms with Crippen molar-refractivity contribution in [3.8, 4) is 17.2 Å². The lowest BCUT2D eigenvalue weighted by Gasteiger charge is -2.38. The Hall–Kier alpha value is -2.94. The van der Waals surface area contributed by atoms with Gasteiger partial charge in [0.05, 0.1) is 18.0 Å². The molecule has 2 heterocycles. The molecule has 166 valence electrons. The number of ether oxygens (including phenoxy) is 3. The van der Waals surface area contributed by atoms with Crippen LogP contribution in [0.1, 0.15) is 37.4 Å². The fraction of sp³-hybridized carbons (Fsp3) is 0.409. The minimum Gasteiger partial charge on any atom is -0.487 e. The molecule has 0 aromatic heterocycles. The van der Waals surface area contributed by atoms with Gasteiger partial charge in [0.1, 0.15) is 17.9 Å². The predicted octanol–water partition coefficient (Wildman–Crippen LogP) is 2.91. The van der Waals surface area contributed by atoms with Gasteiger partial charge in [-0.2, -0.15) is 0 Å². The van der Waals surface area contributed by atoms with E-state index in [-0.39, 0.29) is 19.4 Å². The Bertz CT molecular complexity index is 1130. The first kappa shape index (κ1) is 21.3. The first-order valence-electron chi connectivity index (χ1n) is 9.98. The van der Waals surface area contributed by atoms with E-state index in [4.69, 9.17) is 14.2 Å². The van der Waals surface area contributed by atoms with Crippen molar-refractivity contribution >= 4 is 21.6 Å². The van der Waals surface area contributed by atoms with Crippen molar-refractivity contribution in [1.29, 1.82) is 0 Å². The third-order valence-corrected chi connectivity index (χ3v) is 6.43. The van der Waals surface area contributed by atoms with Crippen LogP contribution < -0.4 is 23.8 Å². The predicted molar refractivity (Wildman–Crippen MR) is 116 cm³/mol. The summed E-state index contributed by atoms with van der Waals surface area (Å²) >= 11 is 0. The molecule has 0 aliphatic carbocycles. The number of carbonyl (C=O) groups excluding carboxylic acids is 1. The van der Waals surface area contributed by atoms with E-state index in [1.54, 1.807) is 18.2 Å². The SMILES string of the molecule is Cc1ccc2c(c1)C(NC(=O)CN(c1ccc3c(c1)OCO3)S(C)(=O)=O)CC(C)(C)O2. The summed E-state index contributed by atoms with van der Waals surface area (Å²) in [7, 11) is -3.71. The second-order valence-corrected chi connectivity index (χ2v) is 10.4. The molecule has 0 spiro atoms. The van der Waals surface area contributed by atoms with Gasteiger partial charge in [-0.1, -0.05) is 17.7 Å². The summed E-state index contributed by atoms with van der Waals surface area (Å²) < 4.78 is 42.7. The van der Waals surface area contributed by atoms with E-state index in [9.17, 15) is 13.2 Å². The number of rotatable bonds is 5. The molecule has 0 fully saturated rings. The number of aryl methyl sites for hydroxylation is 1. The molecule has 1 N–H and O–H groups in total. The average molecular weight is 447 g/mol. The number of fused-ring (bicyclic) bond motifs is 2. The monoisotopic (exact) mass is 446 g/mol. The first-order valence-corrected chi connectivity index (χ1v) is 11.8. The van der Waals surface area contributed by atoms with Gasteiger partial charge in [0.2, 0.25) is 22.7 Å². The van der Waals surface area contributed by atoms with E-state index in [0.717, 1.165) is 27.4 Å². The number of benzene rings is 2. The Balaban J connectivity index is 1.57. The molecule has 9 heteroatoms. The average Bonchev–Trinajstić information content (AvgIpc) is 3.13. The standard InChI is InChI=1S/C22H26N2O6S/c1-14-5-7-18-16(9-14)17(11-22(2,3)30-18)23-21(25)12-24(31(4,26)27)15-6-8-19-20(10-15)29-13-28-19/h5-10,17H,11-13H2,1-4H3,(H,23,25). The van der Waals surface area contributed by atoms with E-state index in [1.807, 2.05) is 39.0 Å². The van der Waals surface area contributed by atoms with Crippen LogP contribution in [0, 0.1) is 6.92 Å². The molecule has 4 rings (SSSR count). The number of hydrogen-bond acceptors (Lipinski definition) is 6. The molecular weight excluding hydrogens is 420 g/mol. The van der Waals surface area contributed by atoms with Gasteiger partial charge in [0, 0.05) is 18.1 Å². The minimum absolute atomic E-state index is 0.0799. The number of anilines is 1. The highest BCUT2D eigenvalue weighted by molar-refractivity contribution is 7.92. The quantitative estimate of drug-likeness (QED) is 0.759. The van der Waals surface area contributed by atoms with Crippen molar-refractivity contribution in [3.05, 3.63) is 47.5 Å². The Kier molecular flexibility index (Phi) is 5.25. The normalized spacial score (nSPS) is 18.6. The summed E-state index contributed by atoms with van der Waals surface area (Å²) in [6.07, 6.45) is 1.64. The van der Waals surface area contributed by atoms with E-state index in [1.165, 1.54) is 0 Å². The maximum atomic E-state index is 13.0. The minimum atomic E-state index is -3.71. The Labute approximate surface area is 182 Å². The van der Waals surface area contributed by atoms with Gasteiger partial charge < -0.3 is 19.5 Å². The summed E-state index contributed by atoms with van der Waals surface area (Å²) in [6, 6.07) is 10.4. The van der Waals surface area contributed by atoms with Crippen LogP contribution >= 0.6 is 0 Å². The number of hydrogen-bond donors (Lipinski definition) is 1. The summed E-state index contributed by atoms with van der Waals surface area (Å²) in [6.45, 7) is 5.63. The van der Waals surface area contributed by atoms with Crippen LogP contribution in [-0.4, -0.2) is 39.5 Å². The molecule has 0 radical (unpaired) electrons. The zero-order valence-electron chi connectivity index (χ0n) is 18.0. The zero-order chi connectivity index (χ0) is 22.4. The fourth-order valence-corrected chi connectivity index (χ4v) is 4.76. The lowest BCUT2D eigenvalue weighted by Crippen LogP contribution is -2.45.